The minimum absolute atomic E-state index is 0.0116. The summed E-state index contributed by atoms with van der Waals surface area (Å²) in [7, 11) is 1.90. The van der Waals surface area contributed by atoms with Gasteiger partial charge in [-0.3, -0.25) is 9.59 Å². The lowest BCUT2D eigenvalue weighted by Gasteiger charge is -2.34. The zero-order valence-corrected chi connectivity index (χ0v) is 19.8. The minimum Gasteiger partial charge on any atom is -0.366 e. The number of rotatable bonds is 4. The number of aromatic nitrogens is 4. The van der Waals surface area contributed by atoms with Gasteiger partial charge in [-0.25, -0.2) is 13.8 Å². The summed E-state index contributed by atoms with van der Waals surface area (Å²) in [6, 6.07) is 7.39. The van der Waals surface area contributed by atoms with Gasteiger partial charge in [-0.05, 0) is 49.6 Å². The zero-order valence-electron chi connectivity index (χ0n) is 19.8. The molecule has 1 fully saturated rings. The van der Waals surface area contributed by atoms with Gasteiger partial charge in [0.15, 0.2) is 11.6 Å². The second-order valence-corrected chi connectivity index (χ2v) is 8.98. The van der Waals surface area contributed by atoms with E-state index in [0.717, 1.165) is 59.9 Å². The first-order valence-corrected chi connectivity index (χ1v) is 11.6. The average molecular weight is 494 g/mol. The normalized spacial score (nSPS) is 15.9. The molecule has 1 saturated heterocycles. The maximum absolute atomic E-state index is 14.3. The summed E-state index contributed by atoms with van der Waals surface area (Å²) in [5.74, 6) is -2.58. The van der Waals surface area contributed by atoms with Crippen molar-refractivity contribution >= 4 is 28.3 Å². The largest absolute Gasteiger partial charge is 0.366 e. The highest BCUT2D eigenvalue weighted by atomic mass is 19.1. The molecule has 3 heterocycles. The van der Waals surface area contributed by atoms with E-state index in [-0.39, 0.29) is 11.7 Å². The van der Waals surface area contributed by atoms with Crippen LogP contribution in [0.2, 0.25) is 0 Å². The highest BCUT2D eigenvalue weighted by Crippen LogP contribution is 2.38. The first-order chi connectivity index (χ1) is 17.2. The molecular formula is C25H25F2N7O2. The third kappa shape index (κ3) is 4.11. The van der Waals surface area contributed by atoms with E-state index in [1.54, 1.807) is 6.33 Å². The van der Waals surface area contributed by atoms with E-state index in [2.05, 4.69) is 20.3 Å². The number of piperidine rings is 1. The molecule has 0 bridgehead atoms. The fourth-order valence-electron chi connectivity index (χ4n) is 4.61. The minimum atomic E-state index is -0.970. The molecule has 3 N–H and O–H groups in total. The smallest absolute Gasteiger partial charge is 0.276 e. The molecule has 11 heteroatoms. The molecule has 0 unspecified atom stereocenters. The number of carbonyl (C=O) groups is 1. The second kappa shape index (κ2) is 9.15. The Labute approximate surface area is 205 Å². The van der Waals surface area contributed by atoms with Crippen LogP contribution in [0, 0.1) is 18.6 Å². The van der Waals surface area contributed by atoms with Crippen LogP contribution in [-0.4, -0.2) is 44.4 Å². The van der Waals surface area contributed by atoms with Gasteiger partial charge in [0.05, 0.1) is 23.2 Å². The average Bonchev–Trinajstić information content (AvgIpc) is 3.20. The van der Waals surface area contributed by atoms with Crippen LogP contribution in [-0.2, 0) is 7.05 Å². The number of hydrogen-bond acceptors (Lipinski definition) is 6. The van der Waals surface area contributed by atoms with Gasteiger partial charge in [-0.2, -0.15) is 9.78 Å². The molecule has 36 heavy (non-hydrogen) atoms. The van der Waals surface area contributed by atoms with Crippen LogP contribution >= 0.6 is 0 Å². The number of imidazole rings is 1. The van der Waals surface area contributed by atoms with Gasteiger partial charge in [0.2, 0.25) is 0 Å². The Morgan fingerprint density at radius 1 is 1.17 bits per heavy atom. The van der Waals surface area contributed by atoms with Gasteiger partial charge in [0.25, 0.3) is 11.5 Å². The summed E-state index contributed by atoms with van der Waals surface area (Å²) in [4.78, 5) is 32.4. The predicted octanol–water partition coefficient (Wildman–Crippen LogP) is 2.89. The van der Waals surface area contributed by atoms with Crippen molar-refractivity contribution in [2.75, 3.05) is 23.3 Å². The van der Waals surface area contributed by atoms with Crippen LogP contribution in [0.3, 0.4) is 0 Å². The number of benzene rings is 2. The summed E-state index contributed by atoms with van der Waals surface area (Å²) in [5.41, 5.74) is 8.35. The number of halogens is 2. The summed E-state index contributed by atoms with van der Waals surface area (Å²) < 4.78 is 31.1. The Kier molecular flexibility index (Phi) is 6.00. The van der Waals surface area contributed by atoms with Crippen LogP contribution in [0.25, 0.3) is 16.7 Å². The molecule has 186 valence electrons. The van der Waals surface area contributed by atoms with E-state index in [0.29, 0.717) is 16.9 Å². The van der Waals surface area contributed by atoms with Gasteiger partial charge < -0.3 is 20.5 Å². The third-order valence-electron chi connectivity index (χ3n) is 6.39. The Bertz CT molecular complexity index is 1530. The van der Waals surface area contributed by atoms with E-state index in [4.69, 9.17) is 5.73 Å². The predicted molar refractivity (Wildman–Crippen MR) is 133 cm³/mol. The molecule has 2 aromatic heterocycles. The van der Waals surface area contributed by atoms with Crippen LogP contribution in [0.5, 0.6) is 0 Å². The van der Waals surface area contributed by atoms with Gasteiger partial charge in [-0.15, -0.1) is 0 Å². The Morgan fingerprint density at radius 3 is 2.64 bits per heavy atom. The maximum Gasteiger partial charge on any atom is 0.276 e. The number of fused-ring (bicyclic) bond motifs is 1. The van der Waals surface area contributed by atoms with Crippen molar-refractivity contribution in [2.24, 2.45) is 12.8 Å². The van der Waals surface area contributed by atoms with Gasteiger partial charge in [0, 0.05) is 32.2 Å². The highest BCUT2D eigenvalue weighted by molar-refractivity contribution is 6.09. The number of anilines is 2. The van der Waals surface area contributed by atoms with Crippen molar-refractivity contribution < 1.29 is 13.6 Å². The lowest BCUT2D eigenvalue weighted by molar-refractivity contribution is 0.102. The van der Waals surface area contributed by atoms with E-state index >= 15 is 0 Å². The molecular weight excluding hydrogens is 468 g/mol. The molecule has 9 nitrogen and oxygen atoms in total. The Morgan fingerprint density at radius 2 is 1.92 bits per heavy atom. The highest BCUT2D eigenvalue weighted by Gasteiger charge is 2.26. The van der Waals surface area contributed by atoms with Crippen molar-refractivity contribution in [3.05, 3.63) is 76.0 Å². The summed E-state index contributed by atoms with van der Waals surface area (Å²) in [6.45, 7) is 3.23. The molecule has 1 aliphatic rings. The number of aryl methyl sites for hydroxylation is 2. The Balaban J connectivity index is 1.58. The number of hydrogen-bond donors (Lipinski definition) is 2. The number of para-hydroxylation sites is 1. The first-order valence-electron chi connectivity index (χ1n) is 11.6. The van der Waals surface area contributed by atoms with Crippen LogP contribution < -0.4 is 21.5 Å². The second-order valence-electron chi connectivity index (χ2n) is 8.98. The molecule has 2 aromatic carbocycles. The summed E-state index contributed by atoms with van der Waals surface area (Å²) >= 11 is 0. The van der Waals surface area contributed by atoms with Crippen LogP contribution in [0.1, 0.15) is 28.9 Å². The summed E-state index contributed by atoms with van der Waals surface area (Å²) in [5, 5.41) is 6.87. The molecule has 1 aliphatic heterocycles. The lowest BCUT2D eigenvalue weighted by atomic mass is 10.0. The van der Waals surface area contributed by atoms with Gasteiger partial charge in [0.1, 0.15) is 16.9 Å². The fourth-order valence-corrected chi connectivity index (χ4v) is 4.61. The number of amides is 1. The molecule has 0 spiro atoms. The van der Waals surface area contributed by atoms with Gasteiger partial charge >= 0.3 is 0 Å². The molecule has 1 amide bonds. The van der Waals surface area contributed by atoms with E-state index in [9.17, 15) is 18.4 Å². The molecule has 1 atom stereocenters. The van der Waals surface area contributed by atoms with Gasteiger partial charge in [-0.1, -0.05) is 6.07 Å². The standard InChI is InChI=1S/C25H25F2N7O2/c1-14-11-19-22(29-13-32(19)2)24(33-10-4-5-15(28)12-33)21(14)30-25(36)18-8-9-20(35)34(31-18)23-16(26)6-3-7-17(23)27/h3,6-9,11,13,15H,4-5,10,12,28H2,1-2H3,(H,30,36)/t15-/m1/s1. The van der Waals surface area contributed by atoms with E-state index in [1.165, 1.54) is 12.1 Å². The zero-order chi connectivity index (χ0) is 25.6. The monoisotopic (exact) mass is 493 g/mol. The molecule has 5 rings (SSSR count). The van der Waals surface area contributed by atoms with E-state index in [1.807, 2.05) is 24.6 Å². The quantitative estimate of drug-likeness (QED) is 0.452. The van der Waals surface area contributed by atoms with Crippen molar-refractivity contribution in [3.63, 3.8) is 0 Å². The van der Waals surface area contributed by atoms with Crippen LogP contribution in [0.4, 0.5) is 20.2 Å². The fraction of sp³-hybridized carbons (Fsp3) is 0.280. The van der Waals surface area contributed by atoms with Crippen molar-refractivity contribution in [1.82, 2.24) is 19.3 Å². The maximum atomic E-state index is 14.3. The molecule has 0 aliphatic carbocycles. The van der Waals surface area contributed by atoms with Crippen molar-refractivity contribution in [2.45, 2.75) is 25.8 Å². The number of nitrogens with one attached hydrogen (secondary N) is 1. The summed E-state index contributed by atoms with van der Waals surface area (Å²) in [6.07, 6.45) is 3.52. The molecule has 4 aromatic rings. The third-order valence-corrected chi connectivity index (χ3v) is 6.39. The molecule has 0 radical (unpaired) electrons. The number of nitrogens with zero attached hydrogens (tertiary/aromatic N) is 5. The van der Waals surface area contributed by atoms with E-state index < -0.39 is 28.8 Å². The van der Waals surface area contributed by atoms with Crippen LogP contribution in [0.15, 0.2) is 47.5 Å². The number of nitrogens with two attached hydrogens (primary N) is 1. The first kappa shape index (κ1) is 23.6. The van der Waals surface area contributed by atoms with Crippen molar-refractivity contribution in [1.29, 1.82) is 0 Å². The Hall–Kier alpha value is -4.12. The molecule has 0 saturated carbocycles. The lowest BCUT2D eigenvalue weighted by Crippen LogP contribution is -2.43. The SMILES string of the molecule is Cc1cc2c(ncn2C)c(N2CCC[C@@H](N)C2)c1NC(=O)c1ccc(=O)n(-c2c(F)cccc2F)n1. The number of carbonyl (C=O) groups excluding carboxylic acids is 1. The topological polar surface area (TPSA) is 111 Å². The van der Waals surface area contributed by atoms with Crippen molar-refractivity contribution in [3.8, 4) is 5.69 Å².